The molecular weight excluding hydrogens is 552 g/mol. The molecule has 0 amide bonds. The molecule has 0 saturated carbocycles. The minimum atomic E-state index is -4.16. The van der Waals surface area contributed by atoms with Crippen LogP contribution in [0.25, 0.3) is 21.1 Å². The molecule has 0 aliphatic heterocycles. The molecule has 5 rings (SSSR count). The van der Waals surface area contributed by atoms with Gasteiger partial charge in [-0.25, -0.2) is 26.6 Å². The van der Waals surface area contributed by atoms with Crippen LogP contribution in [0.3, 0.4) is 0 Å². The second-order valence-corrected chi connectivity index (χ2v) is 12.7. The van der Waals surface area contributed by atoms with Gasteiger partial charge in [0.1, 0.15) is 5.56 Å². The number of nitrogens with zero attached hydrogens (tertiary/aromatic N) is 1. The third kappa shape index (κ3) is 4.83. The Balaban J connectivity index is 1.43. The molecule has 0 bridgehead atoms. The molecule has 5 aromatic rings. The summed E-state index contributed by atoms with van der Waals surface area (Å²) in [5, 5.41) is 9.20. The van der Waals surface area contributed by atoms with E-state index in [1.54, 1.807) is 12.1 Å². The Morgan fingerprint density at radius 3 is 2.32 bits per heavy atom. The molecule has 0 spiro atoms. The van der Waals surface area contributed by atoms with Crippen LogP contribution in [0.2, 0.25) is 0 Å². The average Bonchev–Trinajstić information content (AvgIpc) is 3.24. The van der Waals surface area contributed by atoms with Crippen molar-refractivity contribution in [3.05, 3.63) is 88.2 Å². The van der Waals surface area contributed by atoms with E-state index in [4.69, 9.17) is 0 Å². The van der Waals surface area contributed by atoms with Gasteiger partial charge in [0.05, 0.1) is 25.7 Å². The van der Waals surface area contributed by atoms with Crippen molar-refractivity contribution in [1.29, 1.82) is 0 Å². The SMILES string of the molecule is Cc1ccc(S(=O)(=O)Nc2nc3ccc(NS(=O)(=O)c4ccc5[nH]cc(C(=O)O)c(=O)c5c4)cc3s2)cc1. The average molecular weight is 571 g/mol. The van der Waals surface area contributed by atoms with Gasteiger partial charge in [0.15, 0.2) is 5.13 Å². The number of hydrogen-bond donors (Lipinski definition) is 4. The van der Waals surface area contributed by atoms with Crippen molar-refractivity contribution in [3.63, 3.8) is 0 Å². The molecule has 2 heterocycles. The van der Waals surface area contributed by atoms with Crippen LogP contribution < -0.4 is 14.9 Å². The molecule has 0 radical (unpaired) electrons. The number of aryl methyl sites for hydroxylation is 1. The summed E-state index contributed by atoms with van der Waals surface area (Å²) in [7, 11) is -8.02. The lowest BCUT2D eigenvalue weighted by Gasteiger charge is -2.09. The summed E-state index contributed by atoms with van der Waals surface area (Å²) in [6.45, 7) is 1.85. The van der Waals surface area contributed by atoms with Crippen molar-refractivity contribution in [1.82, 2.24) is 9.97 Å². The fraction of sp³-hybridized carbons (Fsp3) is 0.0417. The molecule has 14 heteroatoms. The Kier molecular flexibility index (Phi) is 6.17. The van der Waals surface area contributed by atoms with E-state index in [-0.39, 0.29) is 31.5 Å². The number of anilines is 2. The summed E-state index contributed by atoms with van der Waals surface area (Å²) in [5.74, 6) is -1.43. The maximum atomic E-state index is 13.0. The largest absolute Gasteiger partial charge is 0.477 e. The van der Waals surface area contributed by atoms with Gasteiger partial charge >= 0.3 is 5.97 Å². The van der Waals surface area contributed by atoms with Crippen LogP contribution in [0, 0.1) is 6.92 Å². The molecule has 4 N–H and O–H groups in total. The third-order valence-corrected chi connectivity index (χ3v) is 9.38. The van der Waals surface area contributed by atoms with Crippen molar-refractivity contribution in [3.8, 4) is 0 Å². The summed E-state index contributed by atoms with van der Waals surface area (Å²) < 4.78 is 56.8. The standard InChI is InChI=1S/C24H18N4O7S3/c1-13-2-5-15(6-3-13)37(32,33)28-24-26-20-8-4-14(10-21(20)36-24)27-38(34,35)16-7-9-19-17(11-16)22(29)18(12-25-19)23(30)31/h2-12,27H,1H3,(H,25,29)(H,26,28)(H,30,31). The van der Waals surface area contributed by atoms with Crippen LogP contribution in [-0.2, 0) is 20.0 Å². The highest BCUT2D eigenvalue weighted by Crippen LogP contribution is 2.31. The number of fused-ring (bicyclic) bond motifs is 2. The molecule has 38 heavy (non-hydrogen) atoms. The zero-order valence-corrected chi connectivity index (χ0v) is 21.9. The highest BCUT2D eigenvalue weighted by molar-refractivity contribution is 7.93. The van der Waals surface area contributed by atoms with Crippen LogP contribution in [0.5, 0.6) is 0 Å². The number of hydrogen-bond acceptors (Lipinski definition) is 8. The van der Waals surface area contributed by atoms with Gasteiger partial charge in [0.2, 0.25) is 5.43 Å². The second kappa shape index (κ2) is 9.24. The second-order valence-electron chi connectivity index (χ2n) is 8.27. The Morgan fingerprint density at radius 2 is 1.61 bits per heavy atom. The quantitative estimate of drug-likeness (QED) is 0.229. The van der Waals surface area contributed by atoms with E-state index in [1.807, 2.05) is 6.92 Å². The molecule has 0 fully saturated rings. The topological polar surface area (TPSA) is 175 Å². The molecule has 3 aromatic carbocycles. The van der Waals surface area contributed by atoms with Crippen molar-refractivity contribution in [2.24, 2.45) is 0 Å². The summed E-state index contributed by atoms with van der Waals surface area (Å²) in [6, 6.07) is 14.6. The summed E-state index contributed by atoms with van der Waals surface area (Å²) in [5.41, 5.74) is 0.518. The van der Waals surface area contributed by atoms with Crippen molar-refractivity contribution in [2.45, 2.75) is 16.7 Å². The number of carboxylic acid groups (broad SMARTS) is 1. The van der Waals surface area contributed by atoms with Crippen LogP contribution in [0.15, 0.2) is 81.4 Å². The van der Waals surface area contributed by atoms with Crippen LogP contribution >= 0.6 is 11.3 Å². The van der Waals surface area contributed by atoms with E-state index < -0.39 is 37.0 Å². The number of pyridine rings is 1. The number of benzene rings is 3. The number of rotatable bonds is 7. The Morgan fingerprint density at radius 1 is 0.921 bits per heavy atom. The van der Waals surface area contributed by atoms with E-state index in [2.05, 4.69) is 19.4 Å². The van der Waals surface area contributed by atoms with Crippen LogP contribution in [-0.4, -0.2) is 37.9 Å². The minimum absolute atomic E-state index is 0.0838. The Labute approximate surface area is 219 Å². The smallest absolute Gasteiger partial charge is 0.341 e. The lowest BCUT2D eigenvalue weighted by atomic mass is 10.1. The number of aromatic nitrogens is 2. The van der Waals surface area contributed by atoms with Gasteiger partial charge in [-0.3, -0.25) is 14.2 Å². The molecule has 194 valence electrons. The number of aromatic amines is 1. The maximum absolute atomic E-state index is 13.0. The molecule has 11 nitrogen and oxygen atoms in total. The number of sulfonamides is 2. The predicted molar refractivity (Wildman–Crippen MR) is 144 cm³/mol. The fourth-order valence-corrected chi connectivity index (χ4v) is 6.88. The zero-order chi connectivity index (χ0) is 27.2. The summed E-state index contributed by atoms with van der Waals surface area (Å²) in [6.07, 6.45) is 1.05. The maximum Gasteiger partial charge on any atom is 0.341 e. The first-order chi connectivity index (χ1) is 17.9. The normalized spacial score (nSPS) is 12.0. The number of H-pyrrole nitrogens is 1. The monoisotopic (exact) mass is 570 g/mol. The summed E-state index contributed by atoms with van der Waals surface area (Å²) in [4.78, 5) is 30.5. The lowest BCUT2D eigenvalue weighted by Crippen LogP contribution is -2.17. The number of thiazole rings is 1. The van der Waals surface area contributed by atoms with Crippen molar-refractivity contribution < 1.29 is 26.7 Å². The van der Waals surface area contributed by atoms with Gasteiger partial charge < -0.3 is 10.1 Å². The van der Waals surface area contributed by atoms with Crippen molar-refractivity contribution >= 4 is 69.3 Å². The molecule has 0 unspecified atom stereocenters. The van der Waals surface area contributed by atoms with Crippen molar-refractivity contribution in [2.75, 3.05) is 9.44 Å². The van der Waals surface area contributed by atoms with Crippen LogP contribution in [0.1, 0.15) is 15.9 Å². The Bertz CT molecular complexity index is 2010. The van der Waals surface area contributed by atoms with E-state index in [9.17, 15) is 31.5 Å². The van der Waals surface area contributed by atoms with Gasteiger partial charge in [-0.2, -0.15) is 0 Å². The van der Waals surface area contributed by atoms with Gasteiger partial charge in [-0.1, -0.05) is 29.0 Å². The highest BCUT2D eigenvalue weighted by atomic mass is 32.2. The zero-order valence-electron chi connectivity index (χ0n) is 19.4. The predicted octanol–water partition coefficient (Wildman–Crippen LogP) is 3.75. The molecular formula is C24H18N4O7S3. The van der Waals surface area contributed by atoms with E-state index in [0.29, 0.717) is 10.2 Å². The van der Waals surface area contributed by atoms with Gasteiger partial charge in [0, 0.05) is 17.1 Å². The van der Waals surface area contributed by atoms with E-state index in [0.717, 1.165) is 29.2 Å². The molecule has 0 atom stereocenters. The molecule has 0 aliphatic rings. The molecule has 0 saturated heterocycles. The molecule has 0 aliphatic carbocycles. The minimum Gasteiger partial charge on any atom is -0.477 e. The summed E-state index contributed by atoms with van der Waals surface area (Å²) >= 11 is 1.03. The van der Waals surface area contributed by atoms with E-state index >= 15 is 0 Å². The van der Waals surface area contributed by atoms with Gasteiger partial charge in [-0.15, -0.1) is 0 Å². The lowest BCUT2D eigenvalue weighted by molar-refractivity contribution is 0.0695. The number of nitrogens with one attached hydrogen (secondary N) is 3. The van der Waals surface area contributed by atoms with Crippen LogP contribution in [0.4, 0.5) is 10.8 Å². The first-order valence-electron chi connectivity index (χ1n) is 10.8. The third-order valence-electron chi connectivity index (χ3n) is 5.59. The first-order valence-corrected chi connectivity index (χ1v) is 14.6. The Hall–Kier alpha value is -4.27. The fourth-order valence-electron chi connectivity index (χ4n) is 3.66. The molecule has 2 aromatic heterocycles. The number of carbonyl (C=O) groups is 1. The number of aromatic carboxylic acids is 1. The highest BCUT2D eigenvalue weighted by Gasteiger charge is 2.20. The number of carboxylic acids is 1. The van der Waals surface area contributed by atoms with E-state index in [1.165, 1.54) is 42.5 Å². The first kappa shape index (κ1) is 25.4. The van der Waals surface area contributed by atoms with Gasteiger partial charge in [-0.05, 0) is 55.5 Å². The van der Waals surface area contributed by atoms with Gasteiger partial charge in [0.25, 0.3) is 20.0 Å².